The quantitative estimate of drug-likeness (QED) is 0.657. The minimum Gasteiger partial charge on any atom is -0.472 e. The molecular weight excluding hydrogens is 278 g/mol. The molecule has 0 radical (unpaired) electrons. The molecule has 0 aliphatic carbocycles. The van der Waals surface area contributed by atoms with Gasteiger partial charge in [-0.2, -0.15) is 0 Å². The number of aromatic nitrogens is 1. The van der Waals surface area contributed by atoms with Crippen LogP contribution in [-0.2, 0) is 4.74 Å². The summed E-state index contributed by atoms with van der Waals surface area (Å²) in [4.78, 5) is 16.3. The van der Waals surface area contributed by atoms with Gasteiger partial charge in [0.2, 0.25) is 5.88 Å². The van der Waals surface area contributed by atoms with Crippen molar-refractivity contribution >= 4 is 5.97 Å². The van der Waals surface area contributed by atoms with Crippen molar-refractivity contribution in [2.75, 3.05) is 6.61 Å². The van der Waals surface area contributed by atoms with Crippen molar-refractivity contribution in [3.8, 4) is 5.88 Å². The molecule has 22 heavy (non-hydrogen) atoms. The Labute approximate surface area is 134 Å². The summed E-state index contributed by atoms with van der Waals surface area (Å²) in [6.45, 7) is 10.6. The molecule has 0 aliphatic heterocycles. The lowest BCUT2D eigenvalue weighted by Crippen LogP contribution is -2.24. The van der Waals surface area contributed by atoms with Gasteiger partial charge < -0.3 is 9.47 Å². The van der Waals surface area contributed by atoms with E-state index in [2.05, 4.69) is 18.8 Å². The van der Waals surface area contributed by atoms with E-state index in [1.54, 1.807) is 18.2 Å². The molecule has 1 heterocycles. The molecule has 1 atom stereocenters. The summed E-state index contributed by atoms with van der Waals surface area (Å²) in [7, 11) is 0. The molecule has 1 unspecified atom stereocenters. The molecule has 4 nitrogen and oxygen atoms in total. The van der Waals surface area contributed by atoms with Gasteiger partial charge in [-0.25, -0.2) is 9.78 Å². The van der Waals surface area contributed by atoms with Gasteiger partial charge in [0.25, 0.3) is 0 Å². The van der Waals surface area contributed by atoms with Gasteiger partial charge in [0.15, 0.2) is 5.69 Å². The maximum atomic E-state index is 12.1. The zero-order valence-electron chi connectivity index (χ0n) is 14.5. The Hall–Kier alpha value is -1.58. The van der Waals surface area contributed by atoms with Crippen LogP contribution in [0.15, 0.2) is 18.2 Å². The molecule has 0 spiro atoms. The van der Waals surface area contributed by atoms with Crippen molar-refractivity contribution in [2.45, 2.75) is 65.9 Å². The van der Waals surface area contributed by atoms with E-state index in [9.17, 15) is 4.79 Å². The van der Waals surface area contributed by atoms with E-state index in [1.807, 2.05) is 20.8 Å². The van der Waals surface area contributed by atoms with Gasteiger partial charge in [-0.15, -0.1) is 0 Å². The maximum absolute atomic E-state index is 12.1. The van der Waals surface area contributed by atoms with E-state index in [4.69, 9.17) is 9.47 Å². The summed E-state index contributed by atoms with van der Waals surface area (Å²) < 4.78 is 11.1. The molecule has 4 heteroatoms. The minimum atomic E-state index is -0.380. The van der Waals surface area contributed by atoms with E-state index in [-0.39, 0.29) is 11.6 Å². The zero-order chi connectivity index (χ0) is 16.6. The molecule has 0 aromatic carbocycles. The number of hydrogen-bond donors (Lipinski definition) is 0. The highest BCUT2D eigenvalue weighted by molar-refractivity contribution is 5.87. The van der Waals surface area contributed by atoms with Gasteiger partial charge in [-0.3, -0.25) is 0 Å². The van der Waals surface area contributed by atoms with Crippen LogP contribution in [0.4, 0.5) is 0 Å². The van der Waals surface area contributed by atoms with Gasteiger partial charge >= 0.3 is 5.97 Å². The van der Waals surface area contributed by atoms with Gasteiger partial charge in [-0.1, -0.05) is 39.2 Å². The first-order chi connectivity index (χ1) is 10.4. The molecule has 1 rings (SSSR count). The van der Waals surface area contributed by atoms with E-state index >= 15 is 0 Å². The number of ether oxygens (including phenoxy) is 2. The van der Waals surface area contributed by atoms with Crippen LogP contribution in [0.1, 0.15) is 70.8 Å². The van der Waals surface area contributed by atoms with Crippen molar-refractivity contribution in [2.24, 2.45) is 5.92 Å². The summed E-state index contributed by atoms with van der Waals surface area (Å²) >= 11 is 0. The zero-order valence-corrected chi connectivity index (χ0v) is 14.5. The monoisotopic (exact) mass is 307 g/mol. The fraction of sp³-hybridized carbons (Fsp3) is 0.667. The van der Waals surface area contributed by atoms with Crippen molar-refractivity contribution < 1.29 is 14.3 Å². The third-order valence-electron chi connectivity index (χ3n) is 3.34. The van der Waals surface area contributed by atoms with Crippen molar-refractivity contribution in [3.05, 3.63) is 23.9 Å². The molecule has 1 aromatic rings. The Morgan fingerprint density at radius 1 is 1.27 bits per heavy atom. The Morgan fingerprint density at radius 2 is 2.00 bits per heavy atom. The number of rotatable bonds is 8. The minimum absolute atomic E-state index is 0.298. The molecular formula is C18H29NO3. The highest BCUT2D eigenvalue weighted by Gasteiger charge is 2.16. The Kier molecular flexibility index (Phi) is 7.36. The second-order valence-corrected chi connectivity index (χ2v) is 6.59. The fourth-order valence-electron chi connectivity index (χ4n) is 2.06. The SMILES string of the molecule is CCCCC(CC)COC(=O)c1cccc(OC(C)(C)C)n1. The Bertz CT molecular complexity index is 466. The number of nitrogens with zero attached hydrogens (tertiary/aromatic N) is 1. The average Bonchev–Trinajstić information content (AvgIpc) is 2.45. The lowest BCUT2D eigenvalue weighted by molar-refractivity contribution is 0.0417. The molecule has 0 bridgehead atoms. The molecule has 0 fully saturated rings. The first-order valence-electron chi connectivity index (χ1n) is 8.19. The van der Waals surface area contributed by atoms with Crippen molar-refractivity contribution in [3.63, 3.8) is 0 Å². The third kappa shape index (κ3) is 6.92. The van der Waals surface area contributed by atoms with E-state index < -0.39 is 0 Å². The van der Waals surface area contributed by atoms with Crippen LogP contribution in [0.25, 0.3) is 0 Å². The molecule has 0 N–H and O–H groups in total. The van der Waals surface area contributed by atoms with Gasteiger partial charge in [0.05, 0.1) is 6.61 Å². The van der Waals surface area contributed by atoms with Gasteiger partial charge in [0, 0.05) is 6.07 Å². The second kappa shape index (κ2) is 8.76. The highest BCUT2D eigenvalue weighted by Crippen LogP contribution is 2.17. The Balaban J connectivity index is 2.60. The maximum Gasteiger partial charge on any atom is 0.357 e. The van der Waals surface area contributed by atoms with Crippen LogP contribution in [0, 0.1) is 5.92 Å². The molecule has 0 saturated heterocycles. The summed E-state index contributed by atoms with van der Waals surface area (Å²) in [6.07, 6.45) is 4.45. The first-order valence-corrected chi connectivity index (χ1v) is 8.19. The predicted molar refractivity (Wildman–Crippen MR) is 88.2 cm³/mol. The number of carbonyl (C=O) groups is 1. The number of unbranched alkanes of at least 4 members (excludes halogenated alkanes) is 1. The Morgan fingerprint density at radius 3 is 2.59 bits per heavy atom. The van der Waals surface area contributed by atoms with E-state index in [0.29, 0.717) is 24.1 Å². The molecule has 0 saturated carbocycles. The van der Waals surface area contributed by atoms with Crippen molar-refractivity contribution in [1.29, 1.82) is 0 Å². The number of pyridine rings is 1. The molecule has 0 aliphatic rings. The number of hydrogen-bond acceptors (Lipinski definition) is 4. The summed E-state index contributed by atoms with van der Waals surface area (Å²) in [5, 5.41) is 0. The fourth-order valence-corrected chi connectivity index (χ4v) is 2.06. The topological polar surface area (TPSA) is 48.4 Å². The van der Waals surface area contributed by atoms with Gasteiger partial charge in [0.1, 0.15) is 5.60 Å². The number of esters is 1. The number of carbonyl (C=O) groups excluding carboxylic acids is 1. The summed E-state index contributed by atoms with van der Waals surface area (Å²) in [6, 6.07) is 5.17. The molecule has 124 valence electrons. The highest BCUT2D eigenvalue weighted by atomic mass is 16.5. The second-order valence-electron chi connectivity index (χ2n) is 6.59. The normalized spacial score (nSPS) is 12.8. The van der Waals surface area contributed by atoms with Crippen LogP contribution in [0.5, 0.6) is 5.88 Å². The van der Waals surface area contributed by atoms with Gasteiger partial charge in [-0.05, 0) is 39.2 Å². The smallest absolute Gasteiger partial charge is 0.357 e. The average molecular weight is 307 g/mol. The van der Waals surface area contributed by atoms with Crippen molar-refractivity contribution in [1.82, 2.24) is 4.98 Å². The van der Waals surface area contributed by atoms with Crippen LogP contribution in [0.3, 0.4) is 0 Å². The van der Waals surface area contributed by atoms with E-state index in [1.165, 1.54) is 6.42 Å². The lowest BCUT2D eigenvalue weighted by atomic mass is 10.0. The third-order valence-corrected chi connectivity index (χ3v) is 3.34. The van der Waals surface area contributed by atoms with Crippen LogP contribution in [-0.4, -0.2) is 23.2 Å². The lowest BCUT2D eigenvalue weighted by Gasteiger charge is -2.20. The molecule has 1 aromatic heterocycles. The largest absolute Gasteiger partial charge is 0.472 e. The summed E-state index contributed by atoms with van der Waals surface area (Å²) in [5.74, 6) is 0.493. The standard InChI is InChI=1S/C18H29NO3/c1-6-8-10-14(7-2)13-21-17(20)15-11-9-12-16(19-15)22-18(3,4)5/h9,11-12,14H,6-8,10,13H2,1-5H3. The molecule has 0 amide bonds. The van der Waals surface area contributed by atoms with Crippen LogP contribution < -0.4 is 4.74 Å². The van der Waals surface area contributed by atoms with Crippen LogP contribution in [0.2, 0.25) is 0 Å². The summed E-state index contributed by atoms with van der Waals surface area (Å²) in [5.41, 5.74) is -0.0460. The van der Waals surface area contributed by atoms with Crippen LogP contribution >= 0.6 is 0 Å². The first kappa shape index (κ1) is 18.5. The predicted octanol–water partition coefficient (Wildman–Crippen LogP) is 4.63. The van der Waals surface area contributed by atoms with E-state index in [0.717, 1.165) is 19.3 Å².